The van der Waals surface area contributed by atoms with Crippen LogP contribution in [-0.2, 0) is 10.0 Å². The molecule has 0 amide bonds. The molecule has 6 heteroatoms. The van der Waals surface area contributed by atoms with Crippen molar-refractivity contribution in [2.24, 2.45) is 0 Å². The molecular weight excluding hydrogens is 330 g/mol. The molecule has 1 atom stereocenters. The van der Waals surface area contributed by atoms with E-state index in [0.29, 0.717) is 6.61 Å². The monoisotopic (exact) mass is 351 g/mol. The standard InChI is InChI=1S/C17H21NO3S2/c1-4-21-15-7-5-14(6-8-15)13(2)18-23(19,20)17-11-9-16(22-3)10-12-17/h5-13,18H,4H2,1-3H3/t13-/m1/s1. The Morgan fingerprint density at radius 3 is 2.22 bits per heavy atom. The average molecular weight is 351 g/mol. The van der Waals surface area contributed by atoms with Gasteiger partial charge in [0.25, 0.3) is 0 Å². The van der Waals surface area contributed by atoms with E-state index in [2.05, 4.69) is 4.72 Å². The molecule has 0 heterocycles. The molecule has 1 N–H and O–H groups in total. The second-order valence-electron chi connectivity index (χ2n) is 5.02. The van der Waals surface area contributed by atoms with Crippen molar-refractivity contribution in [2.45, 2.75) is 29.7 Å². The van der Waals surface area contributed by atoms with Crippen LogP contribution in [0.1, 0.15) is 25.5 Å². The third kappa shape index (κ3) is 4.73. The summed E-state index contributed by atoms with van der Waals surface area (Å²) in [7, 11) is -3.54. The number of ether oxygens (including phenoxy) is 1. The summed E-state index contributed by atoms with van der Waals surface area (Å²) in [6.45, 7) is 4.35. The minimum Gasteiger partial charge on any atom is -0.494 e. The molecule has 0 aliphatic rings. The highest BCUT2D eigenvalue weighted by atomic mass is 32.2. The molecule has 0 aliphatic heterocycles. The van der Waals surface area contributed by atoms with Crippen LogP contribution in [0.25, 0.3) is 0 Å². The summed E-state index contributed by atoms with van der Waals surface area (Å²) in [6.07, 6.45) is 1.95. The highest BCUT2D eigenvalue weighted by molar-refractivity contribution is 7.98. The predicted molar refractivity (Wildman–Crippen MR) is 94.6 cm³/mol. The van der Waals surface area contributed by atoms with Crippen LogP contribution in [0, 0.1) is 0 Å². The van der Waals surface area contributed by atoms with Gasteiger partial charge >= 0.3 is 0 Å². The second kappa shape index (κ2) is 7.86. The number of sulfonamides is 1. The lowest BCUT2D eigenvalue weighted by molar-refractivity contribution is 0.340. The summed E-state index contributed by atoms with van der Waals surface area (Å²) >= 11 is 1.58. The van der Waals surface area contributed by atoms with Gasteiger partial charge in [-0.05, 0) is 62.1 Å². The van der Waals surface area contributed by atoms with Crippen molar-refractivity contribution < 1.29 is 13.2 Å². The Labute approximate surface area is 142 Å². The Morgan fingerprint density at radius 1 is 1.09 bits per heavy atom. The van der Waals surface area contributed by atoms with E-state index in [4.69, 9.17) is 4.74 Å². The van der Waals surface area contributed by atoms with E-state index in [1.807, 2.05) is 44.4 Å². The smallest absolute Gasteiger partial charge is 0.241 e. The molecular formula is C17H21NO3S2. The Morgan fingerprint density at radius 2 is 1.70 bits per heavy atom. The summed E-state index contributed by atoms with van der Waals surface area (Å²) in [4.78, 5) is 1.30. The molecule has 0 fully saturated rings. The summed E-state index contributed by atoms with van der Waals surface area (Å²) < 4.78 is 33.0. The maximum Gasteiger partial charge on any atom is 0.241 e. The molecule has 0 aromatic heterocycles. The molecule has 2 aromatic rings. The van der Waals surface area contributed by atoms with Crippen molar-refractivity contribution in [1.29, 1.82) is 0 Å². The average Bonchev–Trinajstić information content (AvgIpc) is 2.55. The normalized spacial score (nSPS) is 12.8. The SMILES string of the molecule is CCOc1ccc([C@@H](C)NS(=O)(=O)c2ccc(SC)cc2)cc1. The van der Waals surface area contributed by atoms with Gasteiger partial charge in [0.1, 0.15) is 5.75 Å². The largest absolute Gasteiger partial charge is 0.494 e. The summed E-state index contributed by atoms with van der Waals surface area (Å²) in [5.41, 5.74) is 0.887. The second-order valence-corrected chi connectivity index (χ2v) is 7.61. The van der Waals surface area contributed by atoms with Gasteiger partial charge in [-0.2, -0.15) is 0 Å². The predicted octanol–water partition coefficient (Wildman–Crippen LogP) is 3.85. The van der Waals surface area contributed by atoms with Crippen molar-refractivity contribution >= 4 is 21.8 Å². The summed E-state index contributed by atoms with van der Waals surface area (Å²) in [6, 6.07) is 14.0. The first-order valence-electron chi connectivity index (χ1n) is 7.35. The van der Waals surface area contributed by atoms with Crippen LogP contribution < -0.4 is 9.46 Å². The first kappa shape index (κ1) is 17.8. The maximum absolute atomic E-state index is 12.4. The van der Waals surface area contributed by atoms with Gasteiger partial charge in [-0.3, -0.25) is 0 Å². The molecule has 0 bridgehead atoms. The lowest BCUT2D eigenvalue weighted by Crippen LogP contribution is -2.26. The first-order valence-corrected chi connectivity index (χ1v) is 10.1. The fourth-order valence-electron chi connectivity index (χ4n) is 2.14. The maximum atomic E-state index is 12.4. The molecule has 124 valence electrons. The van der Waals surface area contributed by atoms with Gasteiger partial charge in [0, 0.05) is 10.9 Å². The topological polar surface area (TPSA) is 55.4 Å². The Kier molecular flexibility index (Phi) is 6.10. The lowest BCUT2D eigenvalue weighted by Gasteiger charge is -2.15. The Hall–Kier alpha value is -1.50. The highest BCUT2D eigenvalue weighted by Gasteiger charge is 2.18. The van der Waals surface area contributed by atoms with E-state index in [1.54, 1.807) is 36.0 Å². The van der Waals surface area contributed by atoms with Crippen LogP contribution in [0.5, 0.6) is 5.75 Å². The zero-order valence-corrected chi connectivity index (χ0v) is 15.1. The molecule has 0 unspecified atom stereocenters. The van der Waals surface area contributed by atoms with Crippen LogP contribution in [-0.4, -0.2) is 21.3 Å². The molecule has 23 heavy (non-hydrogen) atoms. The van der Waals surface area contributed by atoms with Gasteiger partial charge in [0.05, 0.1) is 11.5 Å². The zero-order valence-electron chi connectivity index (χ0n) is 13.4. The number of benzene rings is 2. The third-order valence-corrected chi connectivity index (χ3v) is 5.69. The Bertz CT molecular complexity index is 725. The van der Waals surface area contributed by atoms with E-state index in [-0.39, 0.29) is 10.9 Å². The lowest BCUT2D eigenvalue weighted by atomic mass is 10.1. The molecule has 0 saturated heterocycles. The van der Waals surface area contributed by atoms with E-state index in [1.165, 1.54) is 0 Å². The van der Waals surface area contributed by atoms with Crippen LogP contribution in [0.3, 0.4) is 0 Å². The molecule has 4 nitrogen and oxygen atoms in total. The minimum atomic E-state index is -3.54. The van der Waals surface area contributed by atoms with Crippen molar-refractivity contribution in [3.8, 4) is 5.75 Å². The van der Waals surface area contributed by atoms with Gasteiger partial charge in [0.2, 0.25) is 10.0 Å². The summed E-state index contributed by atoms with van der Waals surface area (Å²) in [5, 5.41) is 0. The van der Waals surface area contributed by atoms with E-state index < -0.39 is 10.0 Å². The van der Waals surface area contributed by atoms with Crippen LogP contribution in [0.2, 0.25) is 0 Å². The molecule has 0 aliphatic carbocycles. The third-order valence-electron chi connectivity index (χ3n) is 3.39. The van der Waals surface area contributed by atoms with Gasteiger partial charge in [-0.15, -0.1) is 11.8 Å². The van der Waals surface area contributed by atoms with Gasteiger partial charge < -0.3 is 4.74 Å². The van der Waals surface area contributed by atoms with Crippen molar-refractivity contribution in [1.82, 2.24) is 4.72 Å². The number of hydrogen-bond acceptors (Lipinski definition) is 4. The van der Waals surface area contributed by atoms with E-state index >= 15 is 0 Å². The van der Waals surface area contributed by atoms with E-state index in [9.17, 15) is 8.42 Å². The first-order chi connectivity index (χ1) is 11.0. The molecule has 2 aromatic carbocycles. The summed E-state index contributed by atoms with van der Waals surface area (Å²) in [5.74, 6) is 0.777. The number of nitrogens with one attached hydrogen (secondary N) is 1. The molecule has 0 radical (unpaired) electrons. The zero-order chi connectivity index (χ0) is 16.9. The Balaban J connectivity index is 2.12. The van der Waals surface area contributed by atoms with Gasteiger partial charge in [0.15, 0.2) is 0 Å². The molecule has 0 saturated carbocycles. The van der Waals surface area contributed by atoms with Crippen molar-refractivity contribution in [3.63, 3.8) is 0 Å². The van der Waals surface area contributed by atoms with Gasteiger partial charge in [-0.25, -0.2) is 13.1 Å². The minimum absolute atomic E-state index is 0.271. The molecule has 2 rings (SSSR count). The van der Waals surface area contributed by atoms with Gasteiger partial charge in [-0.1, -0.05) is 12.1 Å². The van der Waals surface area contributed by atoms with Crippen LogP contribution >= 0.6 is 11.8 Å². The van der Waals surface area contributed by atoms with Crippen LogP contribution in [0.15, 0.2) is 58.3 Å². The van der Waals surface area contributed by atoms with Crippen LogP contribution in [0.4, 0.5) is 0 Å². The fourth-order valence-corrected chi connectivity index (χ4v) is 3.78. The number of hydrogen-bond donors (Lipinski definition) is 1. The quantitative estimate of drug-likeness (QED) is 0.770. The van der Waals surface area contributed by atoms with E-state index in [0.717, 1.165) is 16.2 Å². The number of thioether (sulfide) groups is 1. The number of rotatable bonds is 7. The van der Waals surface area contributed by atoms with Crippen molar-refractivity contribution in [2.75, 3.05) is 12.9 Å². The highest BCUT2D eigenvalue weighted by Crippen LogP contribution is 2.21. The van der Waals surface area contributed by atoms with Crippen molar-refractivity contribution in [3.05, 3.63) is 54.1 Å². The fraction of sp³-hybridized carbons (Fsp3) is 0.294. The molecule has 0 spiro atoms.